The van der Waals surface area contributed by atoms with Gasteiger partial charge in [0.2, 0.25) is 0 Å². The summed E-state index contributed by atoms with van der Waals surface area (Å²) in [5, 5.41) is 9.23. The molecule has 0 radical (unpaired) electrons. The number of benzene rings is 1. The van der Waals surface area contributed by atoms with Crippen molar-refractivity contribution in [2.45, 2.75) is 26.3 Å². The highest BCUT2D eigenvalue weighted by Crippen LogP contribution is 2.30. The fourth-order valence-electron chi connectivity index (χ4n) is 3.42. The van der Waals surface area contributed by atoms with Crippen molar-refractivity contribution >= 4 is 16.6 Å². The van der Waals surface area contributed by atoms with E-state index < -0.39 is 0 Å². The van der Waals surface area contributed by atoms with Crippen LogP contribution in [0.1, 0.15) is 29.8 Å². The Kier molecular flexibility index (Phi) is 5.04. The Morgan fingerprint density at radius 3 is 2.64 bits per heavy atom. The fraction of sp³-hybridized carbons (Fsp3) is 0.400. The molecule has 1 atom stereocenters. The van der Waals surface area contributed by atoms with Crippen LogP contribution in [0.4, 0.5) is 5.69 Å². The summed E-state index contributed by atoms with van der Waals surface area (Å²) in [6, 6.07) is 8.61. The molecule has 5 heteroatoms. The molecule has 5 nitrogen and oxygen atoms in total. The monoisotopic (exact) mass is 337 g/mol. The van der Waals surface area contributed by atoms with Crippen LogP contribution >= 0.6 is 0 Å². The molecular weight excluding hydrogens is 310 g/mol. The van der Waals surface area contributed by atoms with Crippen LogP contribution < -0.4 is 5.32 Å². The molecule has 0 aliphatic carbocycles. The van der Waals surface area contributed by atoms with Gasteiger partial charge < -0.3 is 10.2 Å². The lowest BCUT2D eigenvalue weighted by Gasteiger charge is -2.25. The lowest BCUT2D eigenvalue weighted by atomic mass is 10.0. The average Bonchev–Trinajstić information content (AvgIpc) is 3.00. The first kappa shape index (κ1) is 17.4. The van der Waals surface area contributed by atoms with Crippen LogP contribution in [0.2, 0.25) is 0 Å². The molecule has 0 bridgehead atoms. The van der Waals surface area contributed by atoms with Crippen LogP contribution in [-0.2, 0) is 13.5 Å². The van der Waals surface area contributed by atoms with Crippen LogP contribution in [0.25, 0.3) is 10.9 Å². The van der Waals surface area contributed by atoms with Gasteiger partial charge in [-0.25, -0.2) is 0 Å². The molecule has 0 aliphatic rings. The van der Waals surface area contributed by atoms with Crippen molar-refractivity contribution in [2.75, 3.05) is 26.0 Å². The smallest absolute Gasteiger partial charge is 0.0726 e. The minimum atomic E-state index is 0.255. The maximum atomic E-state index is 4.77. The van der Waals surface area contributed by atoms with Crippen molar-refractivity contribution in [3.63, 3.8) is 0 Å². The summed E-state index contributed by atoms with van der Waals surface area (Å²) in [5.74, 6) is 0. The molecule has 0 fully saturated rings. The quantitative estimate of drug-likeness (QED) is 0.747. The molecule has 25 heavy (non-hydrogen) atoms. The Balaban J connectivity index is 1.96. The summed E-state index contributed by atoms with van der Waals surface area (Å²) >= 11 is 0. The third kappa shape index (κ3) is 3.51. The first-order valence-electron chi connectivity index (χ1n) is 8.78. The third-order valence-electron chi connectivity index (χ3n) is 4.76. The van der Waals surface area contributed by atoms with Crippen LogP contribution in [-0.4, -0.2) is 40.3 Å². The molecule has 1 N–H and O–H groups in total. The standard InChI is InChI=1S/C20H27N5/c1-6-16-14(2)23-18-10-8-7-9-17(18)20(16)21-12-19(24(3)4)15-11-22-25(5)13-15/h7-11,13,19H,6,12H2,1-5H3,(H,21,23). The lowest BCUT2D eigenvalue weighted by Crippen LogP contribution is -2.27. The van der Waals surface area contributed by atoms with Gasteiger partial charge in [-0.05, 0) is 39.1 Å². The highest BCUT2D eigenvalue weighted by atomic mass is 15.2. The number of para-hydroxylation sites is 1. The largest absolute Gasteiger partial charge is 0.382 e. The Morgan fingerprint density at radius 2 is 2.00 bits per heavy atom. The molecule has 2 aromatic heterocycles. The Labute approximate surface area is 149 Å². The topological polar surface area (TPSA) is 46.0 Å². The zero-order valence-corrected chi connectivity index (χ0v) is 15.7. The van der Waals surface area contributed by atoms with Gasteiger partial charge in [-0.2, -0.15) is 5.10 Å². The van der Waals surface area contributed by atoms with Gasteiger partial charge in [0.15, 0.2) is 0 Å². The number of likely N-dealkylation sites (N-methyl/N-ethyl adjacent to an activating group) is 1. The van der Waals surface area contributed by atoms with Crippen molar-refractivity contribution in [3.8, 4) is 0 Å². The van der Waals surface area contributed by atoms with Crippen LogP contribution in [0.3, 0.4) is 0 Å². The summed E-state index contributed by atoms with van der Waals surface area (Å²) in [6.07, 6.45) is 5.00. The van der Waals surface area contributed by atoms with E-state index in [1.54, 1.807) is 0 Å². The maximum absolute atomic E-state index is 4.77. The van der Waals surface area contributed by atoms with Crippen LogP contribution in [0, 0.1) is 6.92 Å². The maximum Gasteiger partial charge on any atom is 0.0726 e. The molecule has 0 spiro atoms. The second-order valence-corrected chi connectivity index (χ2v) is 6.73. The van der Waals surface area contributed by atoms with E-state index in [2.05, 4.69) is 67.7 Å². The van der Waals surface area contributed by atoms with Crippen molar-refractivity contribution in [1.29, 1.82) is 0 Å². The first-order valence-corrected chi connectivity index (χ1v) is 8.78. The summed E-state index contributed by atoms with van der Waals surface area (Å²) in [4.78, 5) is 7.00. The van der Waals surface area contributed by atoms with Crippen LogP contribution in [0.15, 0.2) is 36.7 Å². The van der Waals surface area contributed by atoms with Crippen molar-refractivity contribution in [3.05, 3.63) is 53.5 Å². The Morgan fingerprint density at radius 1 is 1.24 bits per heavy atom. The van der Waals surface area contributed by atoms with Crippen LogP contribution in [0.5, 0.6) is 0 Å². The zero-order valence-electron chi connectivity index (χ0n) is 15.7. The molecule has 1 aromatic carbocycles. The minimum Gasteiger partial charge on any atom is -0.382 e. The van der Waals surface area contributed by atoms with E-state index in [4.69, 9.17) is 4.98 Å². The van der Waals surface area contributed by atoms with Crippen molar-refractivity contribution in [2.24, 2.45) is 7.05 Å². The number of anilines is 1. The molecule has 0 saturated carbocycles. The summed E-state index contributed by atoms with van der Waals surface area (Å²) in [6.45, 7) is 5.11. The van der Waals surface area contributed by atoms with E-state index in [1.807, 2.05) is 24.0 Å². The predicted octanol–water partition coefficient (Wildman–Crippen LogP) is 3.55. The number of nitrogens with one attached hydrogen (secondary N) is 1. The van der Waals surface area contributed by atoms with E-state index in [0.717, 1.165) is 24.2 Å². The molecule has 132 valence electrons. The number of nitrogens with zero attached hydrogens (tertiary/aromatic N) is 4. The normalized spacial score (nSPS) is 12.7. The molecule has 1 unspecified atom stereocenters. The van der Waals surface area contributed by atoms with Gasteiger partial charge in [0.1, 0.15) is 0 Å². The number of hydrogen-bond acceptors (Lipinski definition) is 4. The highest BCUT2D eigenvalue weighted by Gasteiger charge is 2.18. The lowest BCUT2D eigenvalue weighted by molar-refractivity contribution is 0.311. The Hall–Kier alpha value is -2.40. The number of pyridine rings is 1. The summed E-state index contributed by atoms with van der Waals surface area (Å²) < 4.78 is 1.86. The molecule has 3 rings (SSSR count). The predicted molar refractivity (Wildman–Crippen MR) is 104 cm³/mol. The highest BCUT2D eigenvalue weighted by molar-refractivity contribution is 5.93. The van der Waals surface area contributed by atoms with E-state index in [1.165, 1.54) is 22.2 Å². The van der Waals surface area contributed by atoms with Crippen molar-refractivity contribution < 1.29 is 0 Å². The third-order valence-corrected chi connectivity index (χ3v) is 4.76. The van der Waals surface area contributed by atoms with Gasteiger partial charge in [-0.15, -0.1) is 0 Å². The number of hydrogen-bond donors (Lipinski definition) is 1. The van der Waals surface area contributed by atoms with Gasteiger partial charge >= 0.3 is 0 Å². The number of aryl methyl sites for hydroxylation is 2. The number of rotatable bonds is 6. The average molecular weight is 337 g/mol. The van der Waals surface area contributed by atoms with Gasteiger partial charge in [0.05, 0.1) is 17.8 Å². The zero-order chi connectivity index (χ0) is 18.0. The summed E-state index contributed by atoms with van der Waals surface area (Å²) in [7, 11) is 6.17. The van der Waals surface area contributed by atoms with Gasteiger partial charge in [-0.1, -0.05) is 25.1 Å². The second kappa shape index (κ2) is 7.23. The minimum absolute atomic E-state index is 0.255. The molecule has 0 aliphatic heterocycles. The molecule has 0 amide bonds. The van der Waals surface area contributed by atoms with Crippen molar-refractivity contribution in [1.82, 2.24) is 19.7 Å². The van der Waals surface area contributed by atoms with Gasteiger partial charge in [0, 0.05) is 42.1 Å². The Bertz CT molecular complexity index is 866. The SMILES string of the molecule is CCc1c(C)nc2ccccc2c1NCC(c1cnn(C)c1)N(C)C. The van der Waals surface area contributed by atoms with E-state index in [0.29, 0.717) is 0 Å². The van der Waals surface area contributed by atoms with E-state index in [-0.39, 0.29) is 6.04 Å². The number of aromatic nitrogens is 3. The first-order chi connectivity index (χ1) is 12.0. The number of fused-ring (bicyclic) bond motifs is 1. The molecule has 0 saturated heterocycles. The van der Waals surface area contributed by atoms with E-state index in [9.17, 15) is 0 Å². The molecular formula is C20H27N5. The molecule has 3 aromatic rings. The fourth-order valence-corrected chi connectivity index (χ4v) is 3.42. The van der Waals surface area contributed by atoms with Gasteiger partial charge in [0.25, 0.3) is 0 Å². The second-order valence-electron chi connectivity index (χ2n) is 6.73. The molecule has 2 heterocycles. The summed E-state index contributed by atoms with van der Waals surface area (Å²) in [5.41, 5.74) is 5.87. The van der Waals surface area contributed by atoms with E-state index >= 15 is 0 Å². The van der Waals surface area contributed by atoms with Gasteiger partial charge in [-0.3, -0.25) is 9.67 Å².